The maximum Gasteiger partial charge on any atom is 0.407 e. The third-order valence-electron chi connectivity index (χ3n) is 3.52. The first kappa shape index (κ1) is 23.5. The quantitative estimate of drug-likeness (QED) is 0.334. The van der Waals surface area contributed by atoms with Crippen LogP contribution in [-0.2, 0) is 4.74 Å². The van der Waals surface area contributed by atoms with Gasteiger partial charge in [0.25, 0.3) is 0 Å². The molecule has 1 atom stereocenters. The normalized spacial score (nSPS) is 13.8. The maximum absolute atomic E-state index is 11.5. The average molecular weight is 358 g/mol. The first-order valence-corrected chi connectivity index (χ1v) is 9.13. The summed E-state index contributed by atoms with van der Waals surface area (Å²) in [5, 5.41) is 9.39. The SMILES string of the molecule is CN=C(NCCCNC(=O)OC(C)(C)C)NCC(CC(C)C)N(C)C. The Kier molecular flexibility index (Phi) is 11.2. The average Bonchev–Trinajstić information content (AvgIpc) is 2.46. The number of nitrogens with one attached hydrogen (secondary N) is 3. The van der Waals surface area contributed by atoms with E-state index in [9.17, 15) is 4.79 Å². The molecule has 0 bridgehead atoms. The highest BCUT2D eigenvalue weighted by molar-refractivity contribution is 5.79. The van der Waals surface area contributed by atoms with Gasteiger partial charge in [-0.3, -0.25) is 4.99 Å². The predicted octanol–water partition coefficient (Wildman–Crippen LogP) is 2.04. The lowest BCUT2D eigenvalue weighted by molar-refractivity contribution is 0.0527. The second kappa shape index (κ2) is 12.0. The summed E-state index contributed by atoms with van der Waals surface area (Å²) in [6, 6.07) is 0.465. The molecule has 0 saturated carbocycles. The molecule has 0 spiro atoms. The van der Waals surface area contributed by atoms with E-state index >= 15 is 0 Å². The van der Waals surface area contributed by atoms with Crippen molar-refractivity contribution < 1.29 is 9.53 Å². The van der Waals surface area contributed by atoms with Gasteiger partial charge in [-0.25, -0.2) is 4.79 Å². The van der Waals surface area contributed by atoms with Gasteiger partial charge in [-0.1, -0.05) is 13.8 Å². The lowest BCUT2D eigenvalue weighted by Crippen LogP contribution is -2.46. The van der Waals surface area contributed by atoms with Gasteiger partial charge in [0.15, 0.2) is 5.96 Å². The van der Waals surface area contributed by atoms with Gasteiger partial charge in [-0.15, -0.1) is 0 Å². The molecule has 25 heavy (non-hydrogen) atoms. The summed E-state index contributed by atoms with van der Waals surface area (Å²) in [5.74, 6) is 1.44. The van der Waals surface area contributed by atoms with Crippen LogP contribution in [0.3, 0.4) is 0 Å². The minimum absolute atomic E-state index is 0.377. The number of alkyl carbamates (subject to hydrolysis) is 1. The molecule has 0 aliphatic rings. The van der Waals surface area contributed by atoms with Crippen molar-refractivity contribution in [3.8, 4) is 0 Å². The molecule has 0 fully saturated rings. The van der Waals surface area contributed by atoms with Crippen LogP contribution >= 0.6 is 0 Å². The molecule has 0 aliphatic carbocycles. The number of aliphatic imine (C=N–C) groups is 1. The van der Waals surface area contributed by atoms with Crippen molar-refractivity contribution in [2.45, 2.75) is 59.1 Å². The van der Waals surface area contributed by atoms with Crippen LogP contribution in [0.5, 0.6) is 0 Å². The highest BCUT2D eigenvalue weighted by atomic mass is 16.6. The number of rotatable bonds is 9. The predicted molar refractivity (Wildman–Crippen MR) is 105 cm³/mol. The molecule has 1 unspecified atom stereocenters. The van der Waals surface area contributed by atoms with Crippen molar-refractivity contribution in [3.63, 3.8) is 0 Å². The van der Waals surface area contributed by atoms with E-state index in [1.807, 2.05) is 20.8 Å². The maximum atomic E-state index is 11.5. The molecule has 1 amide bonds. The van der Waals surface area contributed by atoms with E-state index in [1.54, 1.807) is 7.05 Å². The smallest absolute Gasteiger partial charge is 0.407 e. The molecule has 0 rings (SSSR count). The standard InChI is InChI=1S/C18H39N5O2/c1-14(2)12-15(23(7)8)13-22-16(19-6)20-10-9-11-21-17(24)25-18(3,4)5/h14-15H,9-13H2,1-8H3,(H,21,24)(H2,19,20,22). The lowest BCUT2D eigenvalue weighted by Gasteiger charge is -2.27. The van der Waals surface area contributed by atoms with Crippen molar-refractivity contribution in [3.05, 3.63) is 0 Å². The molecule has 0 radical (unpaired) electrons. The van der Waals surface area contributed by atoms with Gasteiger partial charge in [0.2, 0.25) is 0 Å². The number of carbonyl (C=O) groups is 1. The Morgan fingerprint density at radius 1 is 1.12 bits per heavy atom. The third-order valence-corrected chi connectivity index (χ3v) is 3.52. The first-order chi connectivity index (χ1) is 11.5. The number of hydrogen-bond acceptors (Lipinski definition) is 4. The van der Waals surface area contributed by atoms with Crippen molar-refractivity contribution in [2.24, 2.45) is 10.9 Å². The molecule has 0 saturated heterocycles. The second-order valence-electron chi connectivity index (χ2n) is 7.91. The summed E-state index contributed by atoms with van der Waals surface area (Å²) < 4.78 is 5.19. The zero-order chi connectivity index (χ0) is 19.5. The van der Waals surface area contributed by atoms with Crippen LogP contribution in [-0.4, -0.2) is 69.4 Å². The van der Waals surface area contributed by atoms with Gasteiger partial charge in [-0.05, 0) is 53.6 Å². The van der Waals surface area contributed by atoms with Crippen molar-refractivity contribution in [1.29, 1.82) is 0 Å². The van der Waals surface area contributed by atoms with E-state index in [2.05, 4.69) is 53.8 Å². The fourth-order valence-electron chi connectivity index (χ4n) is 2.26. The van der Waals surface area contributed by atoms with Crippen LogP contribution < -0.4 is 16.0 Å². The highest BCUT2D eigenvalue weighted by Gasteiger charge is 2.15. The van der Waals surface area contributed by atoms with E-state index in [1.165, 1.54) is 0 Å². The van der Waals surface area contributed by atoms with Crippen molar-refractivity contribution >= 4 is 12.1 Å². The number of guanidine groups is 1. The van der Waals surface area contributed by atoms with E-state index in [0.717, 1.165) is 31.9 Å². The first-order valence-electron chi connectivity index (χ1n) is 9.13. The minimum atomic E-state index is -0.465. The molecule has 148 valence electrons. The Bertz CT molecular complexity index is 403. The molecule has 7 nitrogen and oxygen atoms in total. The monoisotopic (exact) mass is 357 g/mol. The summed E-state index contributed by atoms with van der Waals surface area (Å²) in [6.45, 7) is 12.2. The largest absolute Gasteiger partial charge is 0.444 e. The van der Waals surface area contributed by atoms with Gasteiger partial charge in [-0.2, -0.15) is 0 Å². The second-order valence-corrected chi connectivity index (χ2v) is 7.91. The van der Waals surface area contributed by atoms with Crippen LogP contribution in [0.4, 0.5) is 4.79 Å². The van der Waals surface area contributed by atoms with Crippen molar-refractivity contribution in [2.75, 3.05) is 40.8 Å². The van der Waals surface area contributed by atoms with Crippen LogP contribution in [0, 0.1) is 5.92 Å². The zero-order valence-corrected chi connectivity index (χ0v) is 17.4. The number of carbonyl (C=O) groups excluding carboxylic acids is 1. The Morgan fingerprint density at radius 3 is 2.20 bits per heavy atom. The van der Waals surface area contributed by atoms with E-state index < -0.39 is 5.60 Å². The third kappa shape index (κ3) is 13.5. The molecular formula is C18H39N5O2. The summed E-state index contributed by atoms with van der Waals surface area (Å²) in [5.41, 5.74) is -0.465. The summed E-state index contributed by atoms with van der Waals surface area (Å²) in [7, 11) is 5.97. The van der Waals surface area contributed by atoms with Crippen LogP contribution in [0.1, 0.15) is 47.5 Å². The van der Waals surface area contributed by atoms with E-state index in [4.69, 9.17) is 4.74 Å². The van der Waals surface area contributed by atoms with Crippen molar-refractivity contribution in [1.82, 2.24) is 20.9 Å². The summed E-state index contributed by atoms with van der Waals surface area (Å²) in [6.07, 6.45) is 1.55. The number of ether oxygens (including phenoxy) is 1. The molecule has 3 N–H and O–H groups in total. The molecule has 0 aromatic rings. The summed E-state index contributed by atoms with van der Waals surface area (Å²) >= 11 is 0. The Labute approximate surface area is 154 Å². The Balaban J connectivity index is 4.01. The van der Waals surface area contributed by atoms with E-state index in [-0.39, 0.29) is 6.09 Å². The minimum Gasteiger partial charge on any atom is -0.444 e. The lowest BCUT2D eigenvalue weighted by atomic mass is 10.0. The van der Waals surface area contributed by atoms with Gasteiger partial charge < -0.3 is 25.6 Å². The van der Waals surface area contributed by atoms with Gasteiger partial charge in [0.05, 0.1) is 0 Å². The van der Waals surface area contributed by atoms with Crippen LogP contribution in [0.25, 0.3) is 0 Å². The van der Waals surface area contributed by atoms with Crippen LogP contribution in [0.2, 0.25) is 0 Å². The van der Waals surface area contributed by atoms with Gasteiger partial charge >= 0.3 is 6.09 Å². The van der Waals surface area contributed by atoms with Crippen LogP contribution in [0.15, 0.2) is 4.99 Å². The molecular weight excluding hydrogens is 318 g/mol. The fraction of sp³-hybridized carbons (Fsp3) is 0.889. The molecule has 0 aromatic heterocycles. The molecule has 0 aliphatic heterocycles. The van der Waals surface area contributed by atoms with Gasteiger partial charge in [0.1, 0.15) is 5.60 Å². The highest BCUT2D eigenvalue weighted by Crippen LogP contribution is 2.08. The Hall–Kier alpha value is -1.50. The fourth-order valence-corrected chi connectivity index (χ4v) is 2.26. The number of likely N-dealkylation sites (N-methyl/N-ethyl adjacent to an activating group) is 1. The Morgan fingerprint density at radius 2 is 1.72 bits per heavy atom. The summed E-state index contributed by atoms with van der Waals surface area (Å²) in [4.78, 5) is 18.0. The van der Waals surface area contributed by atoms with E-state index in [0.29, 0.717) is 18.5 Å². The van der Waals surface area contributed by atoms with Gasteiger partial charge in [0, 0.05) is 32.7 Å². The number of nitrogens with zero attached hydrogens (tertiary/aromatic N) is 2. The molecule has 7 heteroatoms. The number of amides is 1. The molecule has 0 heterocycles. The topological polar surface area (TPSA) is 78.0 Å². The molecule has 0 aromatic carbocycles. The zero-order valence-electron chi connectivity index (χ0n) is 17.4. The number of hydrogen-bond donors (Lipinski definition) is 3.